The molecule has 3 rings (SSSR count). The number of hydrogen-bond acceptors (Lipinski definition) is 6. The molecule has 0 spiro atoms. The van der Waals surface area contributed by atoms with Crippen LogP contribution in [0.25, 0.3) is 0 Å². The first-order valence-corrected chi connectivity index (χ1v) is 10.6. The van der Waals surface area contributed by atoms with Gasteiger partial charge < -0.3 is 15.5 Å². The molecule has 2 heterocycles. The summed E-state index contributed by atoms with van der Waals surface area (Å²) in [6.07, 6.45) is 4.95. The van der Waals surface area contributed by atoms with Gasteiger partial charge >= 0.3 is 0 Å². The van der Waals surface area contributed by atoms with Crippen LogP contribution in [0.1, 0.15) is 32.4 Å². The monoisotopic (exact) mass is 385 g/mol. The Bertz CT molecular complexity index is 798. The largest absolute Gasteiger partial charge is 0.354 e. The molecule has 1 aromatic heterocycles. The van der Waals surface area contributed by atoms with Gasteiger partial charge in [0.25, 0.3) is 0 Å². The normalized spacial score (nSPS) is 16.4. The van der Waals surface area contributed by atoms with Gasteiger partial charge in [-0.25, -0.2) is 4.98 Å². The summed E-state index contributed by atoms with van der Waals surface area (Å²) in [5.41, 5.74) is 2.02. The molecule has 0 unspecified atom stereocenters. The minimum Gasteiger partial charge on any atom is -0.354 e. The zero-order valence-corrected chi connectivity index (χ0v) is 17.0. The van der Waals surface area contributed by atoms with Crippen molar-refractivity contribution in [3.05, 3.63) is 36.0 Å². The Hall–Kier alpha value is -2.28. The molecule has 27 heavy (non-hydrogen) atoms. The molecule has 0 saturated carbocycles. The number of nitrogens with zero attached hydrogens (tertiary/aromatic N) is 3. The van der Waals surface area contributed by atoms with E-state index in [-0.39, 0.29) is 11.9 Å². The maximum atomic E-state index is 11.3. The maximum Gasteiger partial charge on any atom is 0.229 e. The summed E-state index contributed by atoms with van der Waals surface area (Å²) in [6, 6.07) is 10.5. The van der Waals surface area contributed by atoms with E-state index in [4.69, 9.17) is 4.98 Å². The highest BCUT2D eigenvalue weighted by atomic mass is 32.2. The van der Waals surface area contributed by atoms with Crippen LogP contribution in [0.3, 0.4) is 0 Å². The Labute approximate surface area is 165 Å². The second-order valence-electron chi connectivity index (χ2n) is 6.78. The summed E-state index contributed by atoms with van der Waals surface area (Å²) in [6.45, 7) is 5.38. The molecule has 1 aliphatic rings. The van der Waals surface area contributed by atoms with Crippen molar-refractivity contribution >= 4 is 35.1 Å². The Morgan fingerprint density at radius 3 is 2.93 bits per heavy atom. The molecule has 2 aromatic rings. The lowest BCUT2D eigenvalue weighted by atomic mass is 10.2. The van der Waals surface area contributed by atoms with Crippen LogP contribution < -0.4 is 15.5 Å². The van der Waals surface area contributed by atoms with Gasteiger partial charge in [0.05, 0.1) is 0 Å². The van der Waals surface area contributed by atoms with Gasteiger partial charge in [-0.05, 0) is 37.3 Å². The second-order valence-corrected chi connectivity index (χ2v) is 7.66. The lowest BCUT2D eigenvalue weighted by Gasteiger charge is -2.19. The van der Waals surface area contributed by atoms with Crippen molar-refractivity contribution in [2.24, 2.45) is 0 Å². The zero-order chi connectivity index (χ0) is 19.2. The molecule has 1 aromatic carbocycles. The molecule has 2 N–H and O–H groups in total. The first-order valence-electron chi connectivity index (χ1n) is 9.38. The minimum atomic E-state index is 0.0206. The van der Waals surface area contributed by atoms with Gasteiger partial charge in [-0.15, -0.1) is 11.8 Å². The van der Waals surface area contributed by atoms with E-state index < -0.39 is 0 Å². The van der Waals surface area contributed by atoms with Gasteiger partial charge in [0.15, 0.2) is 0 Å². The van der Waals surface area contributed by atoms with E-state index in [9.17, 15) is 4.79 Å². The van der Waals surface area contributed by atoms with Crippen molar-refractivity contribution in [2.45, 2.75) is 44.0 Å². The number of hydrogen-bond donors (Lipinski definition) is 2. The third-order valence-electron chi connectivity index (χ3n) is 4.52. The number of anilines is 3. The van der Waals surface area contributed by atoms with Crippen molar-refractivity contribution in [3.63, 3.8) is 0 Å². The average Bonchev–Trinajstić information content (AvgIpc) is 3.10. The minimum absolute atomic E-state index is 0.0206. The van der Waals surface area contributed by atoms with E-state index in [0.717, 1.165) is 49.6 Å². The molecule has 0 aliphatic carbocycles. The van der Waals surface area contributed by atoms with Crippen LogP contribution in [0.2, 0.25) is 0 Å². The van der Waals surface area contributed by atoms with Crippen molar-refractivity contribution in [1.82, 2.24) is 15.3 Å². The van der Waals surface area contributed by atoms with E-state index in [1.54, 1.807) is 18.7 Å². The van der Waals surface area contributed by atoms with Crippen molar-refractivity contribution in [2.75, 3.05) is 29.6 Å². The topological polar surface area (TPSA) is 70.2 Å². The molecule has 0 bridgehead atoms. The standard InChI is InChI=1S/C20H27N5OS/c1-4-6-15-12-19(25-10-9-17(13-25)21-14(2)26)24-20(22-15)23-16-7-5-8-18(11-16)27-3/h5,7-8,11-12,17H,4,6,9-10,13H2,1-3H3,(H,21,26)(H,22,23,24)/t17-/m0/s1. The van der Waals surface area contributed by atoms with E-state index >= 15 is 0 Å². The average molecular weight is 386 g/mol. The first kappa shape index (κ1) is 19.5. The Balaban J connectivity index is 1.81. The summed E-state index contributed by atoms with van der Waals surface area (Å²) in [4.78, 5) is 24.2. The van der Waals surface area contributed by atoms with Crippen molar-refractivity contribution in [3.8, 4) is 0 Å². The number of carbonyl (C=O) groups is 1. The van der Waals surface area contributed by atoms with E-state index in [2.05, 4.69) is 51.9 Å². The van der Waals surface area contributed by atoms with Crippen LogP contribution in [0.15, 0.2) is 35.2 Å². The van der Waals surface area contributed by atoms with Gasteiger partial charge in [0, 0.05) is 48.4 Å². The van der Waals surface area contributed by atoms with Crippen LogP contribution in [0.5, 0.6) is 0 Å². The Morgan fingerprint density at radius 1 is 1.33 bits per heavy atom. The van der Waals surface area contributed by atoms with Crippen LogP contribution in [-0.4, -0.2) is 41.3 Å². The molecule has 1 saturated heterocycles. The zero-order valence-electron chi connectivity index (χ0n) is 16.2. The van der Waals surface area contributed by atoms with Gasteiger partial charge in [-0.1, -0.05) is 19.4 Å². The maximum absolute atomic E-state index is 11.3. The summed E-state index contributed by atoms with van der Waals surface area (Å²) in [7, 11) is 0. The molecule has 144 valence electrons. The number of nitrogens with one attached hydrogen (secondary N) is 2. The lowest BCUT2D eigenvalue weighted by Crippen LogP contribution is -2.35. The Morgan fingerprint density at radius 2 is 2.19 bits per heavy atom. The molecule has 1 amide bonds. The number of rotatable bonds is 7. The molecule has 6 nitrogen and oxygen atoms in total. The smallest absolute Gasteiger partial charge is 0.229 e. The van der Waals surface area contributed by atoms with Gasteiger partial charge in [0.2, 0.25) is 11.9 Å². The highest BCUT2D eigenvalue weighted by molar-refractivity contribution is 7.98. The number of amides is 1. The highest BCUT2D eigenvalue weighted by Crippen LogP contribution is 2.24. The third kappa shape index (κ3) is 5.35. The number of aromatic nitrogens is 2. The van der Waals surface area contributed by atoms with Gasteiger partial charge in [-0.2, -0.15) is 4.98 Å². The van der Waals surface area contributed by atoms with Gasteiger partial charge in [0.1, 0.15) is 5.82 Å². The molecule has 0 radical (unpaired) electrons. The fourth-order valence-electron chi connectivity index (χ4n) is 3.29. The highest BCUT2D eigenvalue weighted by Gasteiger charge is 2.24. The molecular formula is C20H27N5OS. The Kier molecular flexibility index (Phi) is 6.55. The predicted molar refractivity (Wildman–Crippen MR) is 112 cm³/mol. The number of benzene rings is 1. The van der Waals surface area contributed by atoms with E-state index in [0.29, 0.717) is 5.95 Å². The fraction of sp³-hybridized carbons (Fsp3) is 0.450. The molecule has 1 atom stereocenters. The summed E-state index contributed by atoms with van der Waals surface area (Å²) < 4.78 is 0. The van der Waals surface area contributed by atoms with Crippen molar-refractivity contribution in [1.29, 1.82) is 0 Å². The van der Waals surface area contributed by atoms with E-state index in [1.807, 2.05) is 12.1 Å². The number of thioether (sulfide) groups is 1. The lowest BCUT2D eigenvalue weighted by molar-refractivity contribution is -0.119. The van der Waals surface area contributed by atoms with Crippen LogP contribution in [0.4, 0.5) is 17.5 Å². The fourth-order valence-corrected chi connectivity index (χ4v) is 3.75. The second kappa shape index (κ2) is 9.08. The molecule has 1 fully saturated rings. The molecule has 1 aliphatic heterocycles. The summed E-state index contributed by atoms with van der Waals surface area (Å²) in [5, 5.41) is 6.36. The van der Waals surface area contributed by atoms with Crippen LogP contribution in [0, 0.1) is 0 Å². The first-order chi connectivity index (χ1) is 13.1. The summed E-state index contributed by atoms with van der Waals surface area (Å²) in [5.74, 6) is 1.56. The van der Waals surface area contributed by atoms with Crippen LogP contribution >= 0.6 is 11.8 Å². The predicted octanol–water partition coefficient (Wildman–Crippen LogP) is 3.61. The van der Waals surface area contributed by atoms with E-state index in [1.165, 1.54) is 4.90 Å². The molecule has 7 heteroatoms. The summed E-state index contributed by atoms with van der Waals surface area (Å²) >= 11 is 1.71. The molecular weight excluding hydrogens is 358 g/mol. The number of carbonyl (C=O) groups excluding carboxylic acids is 1. The van der Waals surface area contributed by atoms with Crippen LogP contribution in [-0.2, 0) is 11.2 Å². The number of aryl methyl sites for hydroxylation is 1. The van der Waals surface area contributed by atoms with Crippen molar-refractivity contribution < 1.29 is 4.79 Å². The SMILES string of the molecule is CCCc1cc(N2CC[C@H](NC(C)=O)C2)nc(Nc2cccc(SC)c2)n1. The third-order valence-corrected chi connectivity index (χ3v) is 5.24. The van der Waals surface area contributed by atoms with Gasteiger partial charge in [-0.3, -0.25) is 4.79 Å². The quantitative estimate of drug-likeness (QED) is 0.710.